The largest absolute Gasteiger partial charge is 0.612 e. The Morgan fingerprint density at radius 2 is 1.97 bits per heavy atom. The molecule has 0 fully saturated rings. The van der Waals surface area contributed by atoms with Gasteiger partial charge in [-0.1, -0.05) is 6.07 Å². The van der Waals surface area contributed by atoms with Gasteiger partial charge < -0.3 is 9.87 Å². The lowest BCUT2D eigenvalue weighted by Gasteiger charge is -2.40. The molecule has 1 aliphatic carbocycles. The van der Waals surface area contributed by atoms with E-state index >= 15 is 0 Å². The first-order valence-electron chi connectivity index (χ1n) is 10.5. The SMILES string of the molecule is CNC(=O)N1C(=O)N(c2cncc(C(F)(F)F)c2)C2=C(C(=O)CC2)C1c1ccc(C#N)cc1[S+](C)[O-]. The maximum absolute atomic E-state index is 13.7. The molecule has 2 aliphatic rings. The van der Waals surface area contributed by atoms with Gasteiger partial charge >= 0.3 is 18.2 Å². The van der Waals surface area contributed by atoms with Crippen LogP contribution in [0.25, 0.3) is 0 Å². The second kappa shape index (κ2) is 9.29. The Balaban J connectivity index is 1.99. The number of nitriles is 1. The highest BCUT2D eigenvalue weighted by Crippen LogP contribution is 2.46. The van der Waals surface area contributed by atoms with Gasteiger partial charge in [0.1, 0.15) is 12.3 Å². The standard InChI is InChI=1S/C23H18F3N5O4S/c1-28-21(33)31-20(15-4-3-12(9-27)7-18(15)36(2)35)19-16(5-6-17(19)32)30(22(31)34)14-8-13(10-29-11-14)23(24,25)26/h3-4,7-8,10-11,20H,5-6H2,1-2H3,(H,28,33). The van der Waals surface area contributed by atoms with Gasteiger partial charge in [-0.2, -0.15) is 18.4 Å². The summed E-state index contributed by atoms with van der Waals surface area (Å²) in [7, 11) is 1.25. The summed E-state index contributed by atoms with van der Waals surface area (Å²) < 4.78 is 52.6. The summed E-state index contributed by atoms with van der Waals surface area (Å²) >= 11 is -1.68. The summed E-state index contributed by atoms with van der Waals surface area (Å²) in [6.45, 7) is 0. The highest BCUT2D eigenvalue weighted by molar-refractivity contribution is 7.90. The van der Waals surface area contributed by atoms with E-state index in [1.165, 1.54) is 31.5 Å². The zero-order valence-electron chi connectivity index (χ0n) is 18.9. The van der Waals surface area contributed by atoms with E-state index in [9.17, 15) is 37.4 Å². The molecule has 186 valence electrons. The van der Waals surface area contributed by atoms with Gasteiger partial charge in [0.15, 0.2) is 10.7 Å². The molecule has 4 amide bonds. The molecule has 13 heteroatoms. The van der Waals surface area contributed by atoms with Gasteiger partial charge in [0.25, 0.3) is 0 Å². The number of hydrogen-bond acceptors (Lipinski definition) is 6. The highest BCUT2D eigenvalue weighted by Gasteiger charge is 2.50. The van der Waals surface area contributed by atoms with Gasteiger partial charge in [0, 0.05) is 42.6 Å². The van der Waals surface area contributed by atoms with Crippen LogP contribution >= 0.6 is 0 Å². The third kappa shape index (κ3) is 4.18. The van der Waals surface area contributed by atoms with Crippen LogP contribution in [-0.2, 0) is 22.1 Å². The van der Waals surface area contributed by atoms with E-state index in [0.717, 1.165) is 17.2 Å². The third-order valence-corrected chi connectivity index (χ3v) is 6.86. The number of imide groups is 1. The fraction of sp³-hybridized carbons (Fsp3) is 0.261. The molecule has 0 spiro atoms. The molecule has 1 aromatic heterocycles. The van der Waals surface area contributed by atoms with Crippen molar-refractivity contribution in [2.24, 2.45) is 0 Å². The smallest absolute Gasteiger partial charge is 0.417 e. The molecule has 2 aromatic rings. The van der Waals surface area contributed by atoms with E-state index in [2.05, 4.69) is 10.3 Å². The monoisotopic (exact) mass is 517 g/mol. The average molecular weight is 517 g/mol. The number of urea groups is 2. The fourth-order valence-electron chi connectivity index (χ4n) is 4.34. The van der Waals surface area contributed by atoms with Crippen molar-refractivity contribution in [2.75, 3.05) is 18.2 Å². The van der Waals surface area contributed by atoms with E-state index in [4.69, 9.17) is 0 Å². The lowest BCUT2D eigenvalue weighted by molar-refractivity contribution is -0.137. The van der Waals surface area contributed by atoms with Crippen LogP contribution in [0.5, 0.6) is 0 Å². The first kappa shape index (κ1) is 25.2. The number of benzene rings is 1. The molecule has 0 bridgehead atoms. The second-order valence-electron chi connectivity index (χ2n) is 7.98. The zero-order valence-corrected chi connectivity index (χ0v) is 19.7. The Morgan fingerprint density at radius 3 is 2.58 bits per heavy atom. The first-order chi connectivity index (χ1) is 17.0. The number of nitrogens with one attached hydrogen (secondary N) is 1. The molecule has 2 unspecified atom stereocenters. The predicted molar refractivity (Wildman–Crippen MR) is 121 cm³/mol. The molecule has 36 heavy (non-hydrogen) atoms. The second-order valence-corrected chi connectivity index (χ2v) is 9.33. The predicted octanol–water partition coefficient (Wildman–Crippen LogP) is 3.65. The van der Waals surface area contributed by atoms with E-state index in [0.29, 0.717) is 11.1 Å². The molecule has 9 nitrogen and oxygen atoms in total. The van der Waals surface area contributed by atoms with Crippen molar-refractivity contribution in [3.63, 3.8) is 0 Å². The Labute approximate surface area is 206 Å². The van der Waals surface area contributed by atoms with E-state index < -0.39 is 46.8 Å². The number of aromatic nitrogens is 1. The number of ketones is 1. The number of carbonyl (C=O) groups is 3. The molecule has 4 rings (SSSR count). The van der Waals surface area contributed by atoms with E-state index in [-0.39, 0.29) is 45.8 Å². The van der Waals surface area contributed by atoms with Gasteiger partial charge in [-0.15, -0.1) is 0 Å². The molecular weight excluding hydrogens is 499 g/mol. The van der Waals surface area contributed by atoms with Crippen molar-refractivity contribution in [2.45, 2.75) is 30.0 Å². The van der Waals surface area contributed by atoms with Crippen LogP contribution in [0, 0.1) is 11.3 Å². The van der Waals surface area contributed by atoms with Gasteiger partial charge in [0.05, 0.1) is 29.1 Å². The summed E-state index contributed by atoms with van der Waals surface area (Å²) in [4.78, 5) is 45.1. The van der Waals surface area contributed by atoms with Gasteiger partial charge in [-0.3, -0.25) is 14.7 Å². The molecule has 0 saturated heterocycles. The Hall–Kier alpha value is -3.89. The van der Waals surface area contributed by atoms with Crippen LogP contribution in [0.3, 0.4) is 0 Å². The lowest BCUT2D eigenvalue weighted by atomic mass is 9.92. The highest BCUT2D eigenvalue weighted by atomic mass is 32.2. The Bertz CT molecular complexity index is 1350. The van der Waals surface area contributed by atoms with Crippen LogP contribution in [-0.4, -0.2) is 45.6 Å². The van der Waals surface area contributed by atoms with Crippen molar-refractivity contribution in [3.05, 3.63) is 64.6 Å². The average Bonchev–Trinajstić information content (AvgIpc) is 3.22. The number of halogens is 3. The molecular formula is C23H18F3N5O4S. The number of pyridine rings is 1. The zero-order chi connectivity index (χ0) is 26.4. The summed E-state index contributed by atoms with van der Waals surface area (Å²) in [6.07, 6.45) is -1.75. The van der Waals surface area contributed by atoms with Gasteiger partial charge in [0.2, 0.25) is 0 Å². The van der Waals surface area contributed by atoms with Crippen LogP contribution in [0.1, 0.15) is 35.6 Å². The number of amides is 4. The topological polar surface area (TPSA) is 129 Å². The summed E-state index contributed by atoms with van der Waals surface area (Å²) in [5.74, 6) is -0.418. The minimum atomic E-state index is -4.74. The van der Waals surface area contributed by atoms with Crippen molar-refractivity contribution in [3.8, 4) is 6.07 Å². The normalized spacial score (nSPS) is 18.8. The third-order valence-electron chi connectivity index (χ3n) is 5.89. The van der Waals surface area contributed by atoms with Crippen molar-refractivity contribution in [1.82, 2.24) is 15.2 Å². The fourth-order valence-corrected chi connectivity index (χ4v) is 5.14. The minimum Gasteiger partial charge on any atom is -0.612 e. The van der Waals surface area contributed by atoms with E-state index in [1.807, 2.05) is 6.07 Å². The number of hydrogen-bond donors (Lipinski definition) is 1. The molecule has 0 radical (unpaired) electrons. The first-order valence-corrected chi connectivity index (χ1v) is 12.1. The number of Topliss-reactive ketones (excluding diaryl/α,β-unsaturated/α-hetero) is 1. The lowest BCUT2D eigenvalue weighted by Crippen LogP contribution is -2.55. The molecule has 0 saturated carbocycles. The van der Waals surface area contributed by atoms with Crippen LogP contribution < -0.4 is 10.2 Å². The number of allylic oxidation sites excluding steroid dienone is 1. The van der Waals surface area contributed by atoms with Crippen molar-refractivity contribution >= 4 is 34.7 Å². The maximum atomic E-state index is 13.7. The van der Waals surface area contributed by atoms with Crippen LogP contribution in [0.2, 0.25) is 0 Å². The Morgan fingerprint density at radius 1 is 1.25 bits per heavy atom. The summed E-state index contributed by atoms with van der Waals surface area (Å²) in [5.41, 5.74) is -0.842. The minimum absolute atomic E-state index is 0.0204. The number of nitrogens with zero attached hydrogens (tertiary/aromatic N) is 4. The molecule has 1 N–H and O–H groups in total. The summed E-state index contributed by atoms with van der Waals surface area (Å²) in [6, 6.07) is 3.57. The van der Waals surface area contributed by atoms with Gasteiger partial charge in [-0.25, -0.2) is 14.5 Å². The molecule has 1 aliphatic heterocycles. The molecule has 1 aromatic carbocycles. The van der Waals surface area contributed by atoms with E-state index in [1.54, 1.807) is 0 Å². The quantitative estimate of drug-likeness (QED) is 0.619. The Kier molecular flexibility index (Phi) is 6.50. The molecule has 2 atom stereocenters. The number of carbonyl (C=O) groups excluding carboxylic acids is 3. The van der Waals surface area contributed by atoms with Crippen LogP contribution in [0.15, 0.2) is 52.8 Å². The number of anilines is 1. The number of rotatable bonds is 3. The molecule has 2 heterocycles. The van der Waals surface area contributed by atoms with Crippen LogP contribution in [0.4, 0.5) is 28.4 Å². The van der Waals surface area contributed by atoms with Crippen molar-refractivity contribution < 1.29 is 32.1 Å². The number of alkyl halides is 3. The maximum Gasteiger partial charge on any atom is 0.417 e. The van der Waals surface area contributed by atoms with Gasteiger partial charge in [-0.05, 0) is 29.7 Å². The summed E-state index contributed by atoms with van der Waals surface area (Å²) in [5, 5.41) is 11.6. The van der Waals surface area contributed by atoms with Crippen molar-refractivity contribution in [1.29, 1.82) is 5.26 Å².